The molecule has 0 aromatic rings. The van der Waals surface area contributed by atoms with Crippen molar-refractivity contribution in [3.05, 3.63) is 23.5 Å². The second-order valence-corrected chi connectivity index (χ2v) is 5.88. The Kier molecular flexibility index (Phi) is 3.25. The monoisotopic (exact) mass is 262 g/mol. The van der Waals surface area contributed by atoms with Crippen LogP contribution in [-0.4, -0.2) is 17.7 Å². The van der Waals surface area contributed by atoms with E-state index in [0.717, 1.165) is 31.4 Å². The Morgan fingerprint density at radius 2 is 2.37 bits per heavy atom. The van der Waals surface area contributed by atoms with Crippen LogP contribution < -0.4 is 0 Å². The number of hydrogen-bond donors (Lipinski definition) is 0. The van der Waals surface area contributed by atoms with Crippen LogP contribution in [-0.2, 0) is 14.3 Å². The first-order valence-electron chi connectivity index (χ1n) is 7.45. The molecule has 3 atom stereocenters. The average molecular weight is 262 g/mol. The van der Waals surface area contributed by atoms with Crippen molar-refractivity contribution >= 4 is 5.97 Å². The molecule has 3 aliphatic rings. The highest BCUT2D eigenvalue weighted by atomic mass is 16.6. The minimum absolute atomic E-state index is 0.0312. The molecule has 1 fully saturated rings. The predicted molar refractivity (Wildman–Crippen MR) is 72.4 cm³/mol. The van der Waals surface area contributed by atoms with E-state index in [1.807, 2.05) is 0 Å². The summed E-state index contributed by atoms with van der Waals surface area (Å²) < 4.78 is 11.9. The minimum atomic E-state index is -0.203. The van der Waals surface area contributed by atoms with Gasteiger partial charge in [0.15, 0.2) is 0 Å². The Balaban J connectivity index is 2.02. The quantitative estimate of drug-likeness (QED) is 0.577. The average Bonchev–Trinajstić information content (AvgIpc) is 2.74. The molecule has 3 nitrogen and oxygen atoms in total. The summed E-state index contributed by atoms with van der Waals surface area (Å²) in [6, 6.07) is 0. The fraction of sp³-hybridized carbons (Fsp3) is 0.688. The molecule has 0 unspecified atom stereocenters. The van der Waals surface area contributed by atoms with Crippen molar-refractivity contribution in [1.82, 2.24) is 0 Å². The number of hydrogen-bond acceptors (Lipinski definition) is 3. The van der Waals surface area contributed by atoms with Crippen LogP contribution in [0.5, 0.6) is 0 Å². The summed E-state index contributed by atoms with van der Waals surface area (Å²) in [4.78, 5) is 11.5. The topological polar surface area (TPSA) is 35.5 Å². The van der Waals surface area contributed by atoms with Gasteiger partial charge in [-0.2, -0.15) is 0 Å². The van der Waals surface area contributed by atoms with E-state index in [1.165, 1.54) is 25.3 Å². The highest BCUT2D eigenvalue weighted by Crippen LogP contribution is 2.52. The highest BCUT2D eigenvalue weighted by Gasteiger charge is 2.52. The lowest BCUT2D eigenvalue weighted by Crippen LogP contribution is -2.46. The van der Waals surface area contributed by atoms with Gasteiger partial charge in [0.05, 0.1) is 11.5 Å². The standard InChI is InChI=1S/C16H22O3/c1-3-6-12-14-8-10-16(19-14)9-5-4-7-13(16)15(12)18-11(2)17/h8,10,13-14H,3-7,9H2,1-2H3/t13-,14+,16-/m0/s1. The van der Waals surface area contributed by atoms with E-state index in [4.69, 9.17) is 9.47 Å². The Labute approximate surface area is 114 Å². The largest absolute Gasteiger partial charge is 0.431 e. The van der Waals surface area contributed by atoms with Gasteiger partial charge in [-0.15, -0.1) is 0 Å². The number of ether oxygens (including phenoxy) is 2. The van der Waals surface area contributed by atoms with E-state index in [-0.39, 0.29) is 23.6 Å². The number of esters is 1. The molecule has 0 radical (unpaired) electrons. The van der Waals surface area contributed by atoms with Crippen LogP contribution in [0.1, 0.15) is 52.4 Å². The summed E-state index contributed by atoms with van der Waals surface area (Å²) in [7, 11) is 0. The van der Waals surface area contributed by atoms with Crippen LogP contribution in [0.15, 0.2) is 23.5 Å². The summed E-state index contributed by atoms with van der Waals surface area (Å²) in [5.41, 5.74) is 0.999. The Bertz CT molecular complexity index is 449. The second kappa shape index (κ2) is 4.78. The van der Waals surface area contributed by atoms with Crippen LogP contribution in [0.2, 0.25) is 0 Å². The lowest BCUT2D eigenvalue weighted by atomic mass is 9.73. The van der Waals surface area contributed by atoms with Crippen molar-refractivity contribution in [3.8, 4) is 0 Å². The van der Waals surface area contributed by atoms with Crippen molar-refractivity contribution in [2.75, 3.05) is 0 Å². The van der Waals surface area contributed by atoms with Gasteiger partial charge in [-0.25, -0.2) is 0 Å². The summed E-state index contributed by atoms with van der Waals surface area (Å²) in [5.74, 6) is 0.961. The van der Waals surface area contributed by atoms with Crippen molar-refractivity contribution in [2.24, 2.45) is 5.92 Å². The molecule has 0 aromatic carbocycles. The molecule has 19 heavy (non-hydrogen) atoms. The van der Waals surface area contributed by atoms with E-state index in [2.05, 4.69) is 19.1 Å². The molecule has 2 bridgehead atoms. The van der Waals surface area contributed by atoms with Crippen molar-refractivity contribution < 1.29 is 14.3 Å². The maximum atomic E-state index is 11.5. The van der Waals surface area contributed by atoms with E-state index >= 15 is 0 Å². The van der Waals surface area contributed by atoms with Gasteiger partial charge >= 0.3 is 5.97 Å². The first kappa shape index (κ1) is 12.9. The first-order chi connectivity index (χ1) is 9.16. The second-order valence-electron chi connectivity index (χ2n) is 5.88. The lowest BCUT2D eigenvalue weighted by molar-refractivity contribution is -0.143. The molecule has 104 valence electrons. The number of carbonyl (C=O) groups is 1. The molecule has 2 heterocycles. The van der Waals surface area contributed by atoms with Crippen LogP contribution in [0.25, 0.3) is 0 Å². The summed E-state index contributed by atoms with van der Waals surface area (Å²) in [6.07, 6.45) is 10.9. The Hall–Kier alpha value is -1.09. The molecule has 0 amide bonds. The number of fused-ring (bicyclic) bond motifs is 1. The first-order valence-corrected chi connectivity index (χ1v) is 7.45. The molecule has 0 N–H and O–H groups in total. The van der Waals surface area contributed by atoms with Crippen LogP contribution >= 0.6 is 0 Å². The summed E-state index contributed by atoms with van der Waals surface area (Å²) >= 11 is 0. The van der Waals surface area contributed by atoms with Crippen molar-refractivity contribution in [2.45, 2.75) is 64.1 Å². The van der Waals surface area contributed by atoms with E-state index in [0.29, 0.717) is 0 Å². The van der Waals surface area contributed by atoms with Crippen molar-refractivity contribution in [1.29, 1.82) is 0 Å². The smallest absolute Gasteiger partial charge is 0.307 e. The van der Waals surface area contributed by atoms with Gasteiger partial charge < -0.3 is 9.47 Å². The molecule has 1 aliphatic carbocycles. The molecule has 0 aromatic heterocycles. The molecule has 3 heteroatoms. The predicted octanol–water partition coefficient (Wildman–Crippen LogP) is 3.50. The van der Waals surface area contributed by atoms with Gasteiger partial charge in [-0.1, -0.05) is 38.3 Å². The summed E-state index contributed by atoms with van der Waals surface area (Å²) in [6.45, 7) is 3.65. The Morgan fingerprint density at radius 1 is 1.53 bits per heavy atom. The third kappa shape index (κ3) is 2.04. The SMILES string of the molecule is CCCC1=C(OC(C)=O)[C@@H]2CCCC[C@]23C=C[C@H]1O3. The highest BCUT2D eigenvalue weighted by molar-refractivity contribution is 5.68. The summed E-state index contributed by atoms with van der Waals surface area (Å²) in [5, 5.41) is 0. The fourth-order valence-corrected chi connectivity index (χ4v) is 3.80. The molecule has 0 saturated heterocycles. The number of carbonyl (C=O) groups excluding carboxylic acids is 1. The molecular weight excluding hydrogens is 240 g/mol. The molecule has 1 saturated carbocycles. The van der Waals surface area contributed by atoms with E-state index in [1.54, 1.807) is 0 Å². The minimum Gasteiger partial charge on any atom is -0.431 e. The van der Waals surface area contributed by atoms with Gasteiger partial charge in [-0.3, -0.25) is 4.79 Å². The van der Waals surface area contributed by atoms with Crippen LogP contribution in [0, 0.1) is 5.92 Å². The maximum absolute atomic E-state index is 11.5. The zero-order chi connectivity index (χ0) is 13.5. The van der Waals surface area contributed by atoms with E-state index in [9.17, 15) is 4.79 Å². The van der Waals surface area contributed by atoms with Gasteiger partial charge in [0.25, 0.3) is 0 Å². The number of rotatable bonds is 3. The van der Waals surface area contributed by atoms with Crippen LogP contribution in [0.3, 0.4) is 0 Å². The van der Waals surface area contributed by atoms with Crippen molar-refractivity contribution in [3.63, 3.8) is 0 Å². The fourth-order valence-electron chi connectivity index (χ4n) is 3.80. The molecular formula is C16H22O3. The van der Waals surface area contributed by atoms with Gasteiger partial charge in [0, 0.05) is 12.5 Å². The van der Waals surface area contributed by atoms with Gasteiger partial charge in [0.2, 0.25) is 0 Å². The third-order valence-electron chi connectivity index (χ3n) is 4.55. The van der Waals surface area contributed by atoms with Gasteiger partial charge in [0.1, 0.15) is 11.9 Å². The maximum Gasteiger partial charge on any atom is 0.307 e. The molecule has 3 rings (SSSR count). The van der Waals surface area contributed by atoms with E-state index < -0.39 is 0 Å². The zero-order valence-electron chi connectivity index (χ0n) is 11.8. The lowest BCUT2D eigenvalue weighted by Gasteiger charge is -2.45. The van der Waals surface area contributed by atoms with Crippen LogP contribution in [0.4, 0.5) is 0 Å². The molecule has 2 aliphatic heterocycles. The van der Waals surface area contributed by atoms with Gasteiger partial charge in [-0.05, 0) is 19.3 Å². The Morgan fingerprint density at radius 3 is 3.11 bits per heavy atom. The third-order valence-corrected chi connectivity index (χ3v) is 4.55. The molecule has 1 spiro atoms. The normalized spacial score (nSPS) is 36.3. The zero-order valence-corrected chi connectivity index (χ0v) is 11.8.